The van der Waals surface area contributed by atoms with Gasteiger partial charge in [0, 0.05) is 11.3 Å². The van der Waals surface area contributed by atoms with E-state index in [4.69, 9.17) is 9.47 Å². The van der Waals surface area contributed by atoms with E-state index in [2.05, 4.69) is 24.1 Å². The molecule has 2 atom stereocenters. The molecule has 6 nitrogen and oxygen atoms in total. The highest BCUT2D eigenvalue weighted by atomic mass is 16.5. The summed E-state index contributed by atoms with van der Waals surface area (Å²) in [5, 5.41) is 5.43. The van der Waals surface area contributed by atoms with Gasteiger partial charge in [0.1, 0.15) is 11.7 Å². The summed E-state index contributed by atoms with van der Waals surface area (Å²) < 4.78 is 11.3. The Bertz CT molecular complexity index is 659. The minimum absolute atomic E-state index is 0.340. The zero-order valence-corrected chi connectivity index (χ0v) is 16.3. The molecule has 1 fully saturated rings. The molecular formula is C21H30N2O4. The third-order valence-electron chi connectivity index (χ3n) is 4.48. The summed E-state index contributed by atoms with van der Waals surface area (Å²) in [6.07, 6.45) is 4.97. The summed E-state index contributed by atoms with van der Waals surface area (Å²) in [4.78, 5) is 24.7. The van der Waals surface area contributed by atoms with E-state index in [1.165, 1.54) is 0 Å². The Morgan fingerprint density at radius 3 is 2.63 bits per heavy atom. The van der Waals surface area contributed by atoms with Gasteiger partial charge in [-0.3, -0.25) is 4.79 Å². The van der Waals surface area contributed by atoms with Crippen LogP contribution in [0.25, 0.3) is 0 Å². The van der Waals surface area contributed by atoms with Crippen molar-refractivity contribution in [1.82, 2.24) is 10.6 Å². The number of carbonyl (C=O) groups is 2. The predicted octanol–water partition coefficient (Wildman–Crippen LogP) is 4.08. The number of ether oxygens (including phenoxy) is 2. The number of unbranched alkanes of at least 4 members (excludes halogenated alkanes) is 3. The predicted molar refractivity (Wildman–Crippen MR) is 104 cm³/mol. The van der Waals surface area contributed by atoms with Gasteiger partial charge < -0.3 is 20.1 Å². The molecule has 27 heavy (non-hydrogen) atoms. The SMILES string of the molecule is C=C1NC(=O)N[C@H](c2ccccc2OCCC)[C@H]1C(=O)OCCCCCC. The molecule has 1 aromatic carbocycles. The van der Waals surface area contributed by atoms with Crippen LogP contribution in [0, 0.1) is 5.92 Å². The Morgan fingerprint density at radius 2 is 1.89 bits per heavy atom. The highest BCUT2D eigenvalue weighted by Crippen LogP contribution is 2.35. The quantitative estimate of drug-likeness (QED) is 0.478. The fourth-order valence-electron chi connectivity index (χ4n) is 3.09. The summed E-state index contributed by atoms with van der Waals surface area (Å²) in [6, 6.07) is 6.46. The van der Waals surface area contributed by atoms with Gasteiger partial charge in [0.2, 0.25) is 0 Å². The molecule has 148 valence electrons. The first-order valence-corrected chi connectivity index (χ1v) is 9.73. The van der Waals surface area contributed by atoms with Crippen molar-refractivity contribution in [3.05, 3.63) is 42.1 Å². The Morgan fingerprint density at radius 1 is 1.11 bits per heavy atom. The fourth-order valence-corrected chi connectivity index (χ4v) is 3.09. The molecule has 0 spiro atoms. The van der Waals surface area contributed by atoms with Crippen molar-refractivity contribution in [3.63, 3.8) is 0 Å². The molecule has 0 saturated carbocycles. The van der Waals surface area contributed by atoms with E-state index >= 15 is 0 Å². The molecular weight excluding hydrogens is 344 g/mol. The molecule has 6 heteroatoms. The number of hydrogen-bond donors (Lipinski definition) is 2. The Labute approximate surface area is 161 Å². The maximum atomic E-state index is 12.7. The number of nitrogens with one attached hydrogen (secondary N) is 2. The standard InChI is InChI=1S/C21H30N2O4/c1-4-6-7-10-14-27-20(24)18-15(3)22-21(25)23-19(18)16-11-8-9-12-17(16)26-13-5-2/h8-9,11-12,18-19H,3-7,10,13-14H2,1-2H3,(H2,22,23,25)/t18-,19+/m0/s1. The number of carbonyl (C=O) groups excluding carboxylic acids is 2. The van der Waals surface area contributed by atoms with Crippen LogP contribution in [0.15, 0.2) is 36.5 Å². The van der Waals surface area contributed by atoms with Crippen molar-refractivity contribution >= 4 is 12.0 Å². The van der Waals surface area contributed by atoms with Gasteiger partial charge in [0.25, 0.3) is 0 Å². The van der Waals surface area contributed by atoms with Gasteiger partial charge in [-0.15, -0.1) is 0 Å². The molecule has 1 saturated heterocycles. The van der Waals surface area contributed by atoms with Gasteiger partial charge in [-0.1, -0.05) is 57.9 Å². The Hall–Kier alpha value is -2.50. The first kappa shape index (κ1) is 20.8. The number of amides is 2. The van der Waals surface area contributed by atoms with Crippen LogP contribution < -0.4 is 15.4 Å². The molecule has 1 heterocycles. The van der Waals surface area contributed by atoms with Crippen molar-refractivity contribution in [2.75, 3.05) is 13.2 Å². The summed E-state index contributed by atoms with van der Waals surface area (Å²) in [7, 11) is 0. The second-order valence-electron chi connectivity index (χ2n) is 6.69. The van der Waals surface area contributed by atoms with Gasteiger partial charge in [0.15, 0.2) is 0 Å². The van der Waals surface area contributed by atoms with Crippen molar-refractivity contribution < 1.29 is 19.1 Å². The first-order valence-electron chi connectivity index (χ1n) is 9.73. The summed E-state index contributed by atoms with van der Waals surface area (Å²) in [5.41, 5.74) is 1.09. The molecule has 1 aromatic rings. The minimum atomic E-state index is -0.708. The number of hydrogen-bond acceptors (Lipinski definition) is 4. The van der Waals surface area contributed by atoms with Gasteiger partial charge in [-0.05, 0) is 18.9 Å². The van der Waals surface area contributed by atoms with Crippen molar-refractivity contribution in [2.24, 2.45) is 5.92 Å². The topological polar surface area (TPSA) is 76.7 Å². The van der Waals surface area contributed by atoms with Crippen molar-refractivity contribution in [1.29, 1.82) is 0 Å². The van der Waals surface area contributed by atoms with E-state index in [-0.39, 0.29) is 12.0 Å². The first-order chi connectivity index (χ1) is 13.1. The van der Waals surface area contributed by atoms with Gasteiger partial charge in [-0.25, -0.2) is 4.79 Å². The average molecular weight is 374 g/mol. The monoisotopic (exact) mass is 374 g/mol. The van der Waals surface area contributed by atoms with E-state index in [1.807, 2.05) is 31.2 Å². The zero-order chi connectivity index (χ0) is 19.6. The molecule has 0 aliphatic carbocycles. The normalized spacial score (nSPS) is 19.2. The third kappa shape index (κ3) is 5.74. The van der Waals surface area contributed by atoms with Gasteiger partial charge in [0.05, 0.1) is 19.3 Å². The lowest BCUT2D eigenvalue weighted by Crippen LogP contribution is -2.51. The van der Waals surface area contributed by atoms with Gasteiger partial charge in [-0.2, -0.15) is 0 Å². The molecule has 2 amide bonds. The van der Waals surface area contributed by atoms with E-state index in [9.17, 15) is 9.59 Å². The van der Waals surface area contributed by atoms with E-state index in [1.54, 1.807) is 0 Å². The zero-order valence-electron chi connectivity index (χ0n) is 16.3. The Balaban J connectivity index is 2.17. The number of para-hydroxylation sites is 1. The minimum Gasteiger partial charge on any atom is -0.493 e. The molecule has 2 rings (SSSR count). The summed E-state index contributed by atoms with van der Waals surface area (Å²) in [5.74, 6) is -0.445. The molecule has 0 unspecified atom stereocenters. The number of benzene rings is 1. The Kier molecular flexibility index (Phi) is 8.17. The lowest BCUT2D eigenvalue weighted by atomic mass is 9.88. The van der Waals surface area contributed by atoms with Crippen molar-refractivity contribution in [3.8, 4) is 5.75 Å². The van der Waals surface area contributed by atoms with Crippen LogP contribution in [0.1, 0.15) is 57.6 Å². The molecule has 0 aromatic heterocycles. The second kappa shape index (κ2) is 10.6. The lowest BCUT2D eigenvalue weighted by molar-refractivity contribution is -0.148. The highest BCUT2D eigenvalue weighted by molar-refractivity contribution is 5.85. The number of esters is 1. The van der Waals surface area contributed by atoms with E-state index < -0.39 is 12.0 Å². The van der Waals surface area contributed by atoms with Crippen LogP contribution in [0.2, 0.25) is 0 Å². The van der Waals surface area contributed by atoms with E-state index in [0.29, 0.717) is 24.7 Å². The van der Waals surface area contributed by atoms with Crippen molar-refractivity contribution in [2.45, 2.75) is 52.0 Å². The maximum absolute atomic E-state index is 12.7. The van der Waals surface area contributed by atoms with Crippen LogP contribution in [0.4, 0.5) is 4.79 Å². The molecule has 1 aliphatic rings. The summed E-state index contributed by atoms with van der Waals surface area (Å²) in [6.45, 7) is 8.97. The highest BCUT2D eigenvalue weighted by Gasteiger charge is 2.40. The van der Waals surface area contributed by atoms with Crippen LogP contribution >= 0.6 is 0 Å². The van der Waals surface area contributed by atoms with Crippen LogP contribution in [-0.2, 0) is 9.53 Å². The number of rotatable bonds is 10. The van der Waals surface area contributed by atoms with Crippen LogP contribution in [0.3, 0.4) is 0 Å². The largest absolute Gasteiger partial charge is 0.493 e. The molecule has 2 N–H and O–H groups in total. The fraction of sp³-hybridized carbons (Fsp3) is 0.524. The lowest BCUT2D eigenvalue weighted by Gasteiger charge is -2.34. The average Bonchev–Trinajstić information content (AvgIpc) is 2.65. The van der Waals surface area contributed by atoms with Crippen LogP contribution in [0.5, 0.6) is 5.75 Å². The molecule has 1 aliphatic heterocycles. The second-order valence-corrected chi connectivity index (χ2v) is 6.69. The smallest absolute Gasteiger partial charge is 0.319 e. The molecule has 0 bridgehead atoms. The van der Waals surface area contributed by atoms with Gasteiger partial charge >= 0.3 is 12.0 Å². The summed E-state index contributed by atoms with van der Waals surface area (Å²) >= 11 is 0. The number of urea groups is 1. The van der Waals surface area contributed by atoms with E-state index in [0.717, 1.165) is 37.7 Å². The van der Waals surface area contributed by atoms with Crippen LogP contribution in [-0.4, -0.2) is 25.2 Å². The molecule has 0 radical (unpaired) electrons. The third-order valence-corrected chi connectivity index (χ3v) is 4.48. The maximum Gasteiger partial charge on any atom is 0.319 e.